The number of carbonyl (C=O) groups excluding carboxylic acids is 2. The average molecular weight is 417 g/mol. The lowest BCUT2D eigenvalue weighted by Gasteiger charge is -2.30. The number of benzene rings is 1. The fraction of sp³-hybridized carbons (Fsp3) is 0.409. The molecule has 0 amide bonds. The Balaban J connectivity index is 2.57. The Morgan fingerprint density at radius 3 is 2.33 bits per heavy atom. The van der Waals surface area contributed by atoms with Gasteiger partial charge in [-0.1, -0.05) is 18.2 Å². The van der Waals surface area contributed by atoms with Crippen molar-refractivity contribution in [1.29, 1.82) is 0 Å². The van der Waals surface area contributed by atoms with Crippen molar-refractivity contribution in [1.82, 2.24) is 5.32 Å². The number of hydrogen-bond acceptors (Lipinski definition) is 7. The van der Waals surface area contributed by atoms with Gasteiger partial charge in [-0.15, -0.1) is 0 Å². The van der Waals surface area contributed by atoms with Gasteiger partial charge in [0, 0.05) is 17.0 Å². The maximum Gasteiger partial charge on any atom is 0.344 e. The highest BCUT2D eigenvalue weighted by atomic mass is 16.6. The molecule has 0 aromatic heterocycles. The fourth-order valence-electron chi connectivity index (χ4n) is 3.33. The molecule has 2 N–H and O–H groups in total. The molecule has 1 aromatic rings. The first-order chi connectivity index (χ1) is 14.2. The van der Waals surface area contributed by atoms with Gasteiger partial charge in [0.25, 0.3) is 0 Å². The highest BCUT2D eigenvalue weighted by Crippen LogP contribution is 2.42. The summed E-state index contributed by atoms with van der Waals surface area (Å²) in [4.78, 5) is 36.7. The average Bonchev–Trinajstić information content (AvgIpc) is 2.65. The normalized spacial score (nSPS) is 16.3. The van der Waals surface area contributed by atoms with Crippen molar-refractivity contribution in [2.24, 2.45) is 0 Å². The standard InChI is InChI=1S/C22H27NO7/c1-6-28-17(24)11-29-16-10-8-7-9-15(16)20-18(21(25)26)13(4)23-14(5)19(20)22(27)30-12(2)3/h7-10,12,20,23H,6,11H2,1-5H3,(H,25,26). The number of nitrogens with one attached hydrogen (secondary N) is 1. The lowest BCUT2D eigenvalue weighted by Crippen LogP contribution is -2.32. The van der Waals surface area contributed by atoms with Crippen LogP contribution in [0.1, 0.15) is 46.1 Å². The van der Waals surface area contributed by atoms with Crippen LogP contribution in [-0.2, 0) is 23.9 Å². The highest BCUT2D eigenvalue weighted by molar-refractivity contribution is 5.99. The van der Waals surface area contributed by atoms with E-state index in [4.69, 9.17) is 14.2 Å². The Hall–Kier alpha value is -3.29. The Kier molecular flexibility index (Phi) is 7.63. The minimum Gasteiger partial charge on any atom is -0.482 e. The quantitative estimate of drug-likeness (QED) is 0.621. The van der Waals surface area contributed by atoms with Gasteiger partial charge >= 0.3 is 17.9 Å². The van der Waals surface area contributed by atoms with E-state index < -0.39 is 23.8 Å². The molecular weight excluding hydrogens is 390 g/mol. The van der Waals surface area contributed by atoms with Gasteiger partial charge < -0.3 is 24.6 Å². The first-order valence-electron chi connectivity index (χ1n) is 9.67. The Labute approximate surface area is 175 Å². The number of esters is 2. The van der Waals surface area contributed by atoms with Crippen LogP contribution in [0.4, 0.5) is 0 Å². The largest absolute Gasteiger partial charge is 0.482 e. The zero-order valence-electron chi connectivity index (χ0n) is 17.8. The fourth-order valence-corrected chi connectivity index (χ4v) is 3.33. The van der Waals surface area contributed by atoms with Crippen molar-refractivity contribution in [2.75, 3.05) is 13.2 Å². The van der Waals surface area contributed by atoms with Gasteiger partial charge in [0.1, 0.15) is 5.75 Å². The SMILES string of the molecule is CCOC(=O)COc1ccccc1C1C(C(=O)O)=C(C)NC(C)=C1C(=O)OC(C)C. The molecule has 162 valence electrons. The number of para-hydroxylation sites is 1. The number of aliphatic carboxylic acids is 1. The third-order valence-electron chi connectivity index (χ3n) is 4.43. The summed E-state index contributed by atoms with van der Waals surface area (Å²) in [6.07, 6.45) is -0.381. The van der Waals surface area contributed by atoms with Gasteiger partial charge in [-0.05, 0) is 40.7 Å². The number of carbonyl (C=O) groups is 3. The molecule has 2 rings (SSSR count). The van der Waals surface area contributed by atoms with Crippen molar-refractivity contribution >= 4 is 17.9 Å². The maximum atomic E-state index is 12.9. The molecule has 1 atom stereocenters. The summed E-state index contributed by atoms with van der Waals surface area (Å²) in [6.45, 7) is 8.32. The van der Waals surface area contributed by atoms with E-state index in [-0.39, 0.29) is 36.2 Å². The molecule has 30 heavy (non-hydrogen) atoms. The highest BCUT2D eigenvalue weighted by Gasteiger charge is 2.39. The number of carboxylic acids is 1. The van der Waals surface area contributed by atoms with Gasteiger partial charge in [0.2, 0.25) is 0 Å². The number of hydrogen-bond donors (Lipinski definition) is 2. The molecular formula is C22H27NO7. The zero-order valence-corrected chi connectivity index (χ0v) is 17.8. The molecule has 1 unspecified atom stereocenters. The summed E-state index contributed by atoms with van der Waals surface area (Å²) in [5.41, 5.74) is 1.53. The zero-order chi connectivity index (χ0) is 22.4. The van der Waals surface area contributed by atoms with E-state index in [1.54, 1.807) is 58.9 Å². The summed E-state index contributed by atoms with van der Waals surface area (Å²) in [7, 11) is 0. The van der Waals surface area contributed by atoms with E-state index in [2.05, 4.69) is 5.32 Å². The second-order valence-electron chi connectivity index (χ2n) is 7.03. The van der Waals surface area contributed by atoms with Crippen LogP contribution in [-0.4, -0.2) is 42.3 Å². The van der Waals surface area contributed by atoms with Crippen molar-refractivity contribution in [3.63, 3.8) is 0 Å². The van der Waals surface area contributed by atoms with Gasteiger partial charge in [-0.25, -0.2) is 14.4 Å². The number of dihydropyridines is 1. The number of ether oxygens (including phenoxy) is 3. The maximum absolute atomic E-state index is 12.9. The summed E-state index contributed by atoms with van der Waals surface area (Å²) < 4.78 is 15.9. The molecule has 0 saturated carbocycles. The first-order valence-corrected chi connectivity index (χ1v) is 9.67. The van der Waals surface area contributed by atoms with Gasteiger partial charge in [-0.2, -0.15) is 0 Å². The Bertz CT molecular complexity index is 899. The van der Waals surface area contributed by atoms with Crippen LogP contribution in [0.25, 0.3) is 0 Å². The molecule has 1 heterocycles. The molecule has 0 radical (unpaired) electrons. The van der Waals surface area contributed by atoms with Crippen molar-refractivity contribution < 1.29 is 33.7 Å². The van der Waals surface area contributed by atoms with E-state index >= 15 is 0 Å². The molecule has 0 bridgehead atoms. The monoisotopic (exact) mass is 417 g/mol. The Morgan fingerprint density at radius 2 is 1.73 bits per heavy atom. The van der Waals surface area contributed by atoms with E-state index in [9.17, 15) is 19.5 Å². The smallest absolute Gasteiger partial charge is 0.344 e. The van der Waals surface area contributed by atoms with Crippen LogP contribution in [0.5, 0.6) is 5.75 Å². The molecule has 1 aliphatic heterocycles. The molecule has 8 nitrogen and oxygen atoms in total. The molecule has 1 aromatic carbocycles. The molecule has 0 aliphatic carbocycles. The van der Waals surface area contributed by atoms with E-state index in [0.29, 0.717) is 17.0 Å². The summed E-state index contributed by atoms with van der Waals surface area (Å²) in [6, 6.07) is 6.70. The van der Waals surface area contributed by atoms with Crippen molar-refractivity contribution in [2.45, 2.75) is 46.6 Å². The van der Waals surface area contributed by atoms with Crippen LogP contribution in [0, 0.1) is 0 Å². The minimum absolute atomic E-state index is 0.00323. The van der Waals surface area contributed by atoms with E-state index in [0.717, 1.165) is 0 Å². The van der Waals surface area contributed by atoms with Crippen LogP contribution in [0.15, 0.2) is 46.8 Å². The molecule has 0 saturated heterocycles. The summed E-state index contributed by atoms with van der Waals surface area (Å²) >= 11 is 0. The molecule has 0 fully saturated rings. The van der Waals surface area contributed by atoms with Crippen molar-refractivity contribution in [3.05, 3.63) is 52.4 Å². The van der Waals surface area contributed by atoms with Crippen LogP contribution < -0.4 is 10.1 Å². The molecule has 1 aliphatic rings. The predicted molar refractivity (Wildman–Crippen MR) is 109 cm³/mol. The van der Waals surface area contributed by atoms with Crippen LogP contribution in [0.2, 0.25) is 0 Å². The van der Waals surface area contributed by atoms with Gasteiger partial charge in [-0.3, -0.25) is 0 Å². The first kappa shape index (κ1) is 23.0. The predicted octanol–water partition coefficient (Wildman–Crippen LogP) is 2.90. The van der Waals surface area contributed by atoms with Crippen LogP contribution in [0.3, 0.4) is 0 Å². The topological polar surface area (TPSA) is 111 Å². The van der Waals surface area contributed by atoms with E-state index in [1.807, 2.05) is 0 Å². The summed E-state index contributed by atoms with van der Waals surface area (Å²) in [5, 5.41) is 12.9. The van der Waals surface area contributed by atoms with Gasteiger partial charge in [0.15, 0.2) is 6.61 Å². The summed E-state index contributed by atoms with van der Waals surface area (Å²) in [5.74, 6) is -2.99. The van der Waals surface area contributed by atoms with Crippen molar-refractivity contribution in [3.8, 4) is 5.75 Å². The third kappa shape index (κ3) is 5.20. The number of rotatable bonds is 8. The third-order valence-corrected chi connectivity index (χ3v) is 4.43. The van der Waals surface area contributed by atoms with E-state index in [1.165, 1.54) is 0 Å². The minimum atomic E-state index is -1.17. The lowest BCUT2D eigenvalue weighted by atomic mass is 9.80. The number of carboxylic acid groups (broad SMARTS) is 1. The number of allylic oxidation sites excluding steroid dienone is 2. The van der Waals surface area contributed by atoms with Gasteiger partial charge in [0.05, 0.1) is 29.8 Å². The molecule has 8 heteroatoms. The second kappa shape index (κ2) is 9.96. The molecule has 0 spiro atoms. The lowest BCUT2D eigenvalue weighted by molar-refractivity contribution is -0.146. The Morgan fingerprint density at radius 1 is 1.10 bits per heavy atom. The van der Waals surface area contributed by atoms with Crippen LogP contribution >= 0.6 is 0 Å². The second-order valence-corrected chi connectivity index (χ2v) is 7.03.